The number of H-pyrrole nitrogens is 1. The third-order valence-corrected chi connectivity index (χ3v) is 3.39. The molecule has 1 heterocycles. The van der Waals surface area contributed by atoms with Crippen LogP contribution in [0.2, 0.25) is 10.0 Å². The van der Waals surface area contributed by atoms with Gasteiger partial charge in [0, 0.05) is 11.8 Å². The van der Waals surface area contributed by atoms with E-state index in [1.54, 1.807) is 18.2 Å². The molecule has 1 aromatic carbocycles. The number of para-hydroxylation sites is 1. The normalized spacial score (nSPS) is 10.3. The van der Waals surface area contributed by atoms with E-state index in [-0.39, 0.29) is 24.7 Å². The molecular formula is C15H13Cl2NO4. The number of halogens is 2. The molecule has 7 heteroatoms. The van der Waals surface area contributed by atoms with E-state index in [9.17, 15) is 9.59 Å². The van der Waals surface area contributed by atoms with Crippen molar-refractivity contribution in [3.63, 3.8) is 0 Å². The van der Waals surface area contributed by atoms with Gasteiger partial charge in [-0.2, -0.15) is 0 Å². The Balaban J connectivity index is 1.83. The van der Waals surface area contributed by atoms with Crippen LogP contribution in [0, 0.1) is 0 Å². The molecule has 0 saturated heterocycles. The largest absolute Gasteiger partial charge is 0.487 e. The molecule has 22 heavy (non-hydrogen) atoms. The number of carbonyl (C=O) groups is 2. The topological polar surface area (TPSA) is 68.4 Å². The maximum Gasteiger partial charge on any atom is 0.354 e. The van der Waals surface area contributed by atoms with Crippen molar-refractivity contribution in [1.82, 2.24) is 4.98 Å². The van der Waals surface area contributed by atoms with Crippen LogP contribution in [-0.4, -0.2) is 30.0 Å². The first kappa shape index (κ1) is 16.4. The van der Waals surface area contributed by atoms with Crippen molar-refractivity contribution in [1.29, 1.82) is 0 Å². The van der Waals surface area contributed by atoms with Gasteiger partial charge in [0.2, 0.25) is 0 Å². The van der Waals surface area contributed by atoms with Crippen molar-refractivity contribution in [3.05, 3.63) is 51.8 Å². The van der Waals surface area contributed by atoms with Crippen molar-refractivity contribution in [2.24, 2.45) is 0 Å². The van der Waals surface area contributed by atoms with Crippen LogP contribution in [0.1, 0.15) is 27.8 Å². The minimum atomic E-state index is -0.568. The van der Waals surface area contributed by atoms with Gasteiger partial charge in [0.1, 0.15) is 18.9 Å². The average Bonchev–Trinajstić information content (AvgIpc) is 2.96. The van der Waals surface area contributed by atoms with Crippen LogP contribution >= 0.6 is 23.2 Å². The number of Topliss-reactive ketones (excluding diaryl/α,β-unsaturated/α-hetero) is 1. The number of ether oxygens (including phenoxy) is 2. The number of hydrogen-bond acceptors (Lipinski definition) is 4. The van der Waals surface area contributed by atoms with E-state index in [0.717, 1.165) is 0 Å². The molecule has 0 spiro atoms. The first-order valence-corrected chi connectivity index (χ1v) is 7.18. The minimum absolute atomic E-state index is 0.0226. The summed E-state index contributed by atoms with van der Waals surface area (Å²) in [5.74, 6) is -0.353. The zero-order valence-corrected chi connectivity index (χ0v) is 13.2. The molecule has 5 nitrogen and oxygen atoms in total. The van der Waals surface area contributed by atoms with E-state index in [4.69, 9.17) is 32.7 Å². The molecular weight excluding hydrogens is 329 g/mol. The molecule has 116 valence electrons. The number of benzene rings is 1. The van der Waals surface area contributed by atoms with E-state index in [1.165, 1.54) is 19.2 Å². The van der Waals surface area contributed by atoms with Gasteiger partial charge < -0.3 is 14.5 Å². The Hall–Kier alpha value is -1.98. The lowest BCUT2D eigenvalue weighted by atomic mass is 10.2. The van der Waals surface area contributed by atoms with Gasteiger partial charge in [-0.3, -0.25) is 4.79 Å². The molecule has 2 rings (SSSR count). The van der Waals surface area contributed by atoms with Gasteiger partial charge in [-0.25, -0.2) is 4.79 Å². The molecule has 0 amide bonds. The van der Waals surface area contributed by atoms with E-state index >= 15 is 0 Å². The predicted octanol–water partition coefficient (Wildman–Crippen LogP) is 3.76. The number of esters is 1. The summed E-state index contributed by atoms with van der Waals surface area (Å²) in [5.41, 5.74) is 0.632. The first-order chi connectivity index (χ1) is 10.5. The Morgan fingerprint density at radius 1 is 1.18 bits per heavy atom. The third-order valence-electron chi connectivity index (χ3n) is 2.79. The van der Waals surface area contributed by atoms with Crippen LogP contribution in [0.25, 0.3) is 0 Å². The summed E-state index contributed by atoms with van der Waals surface area (Å²) < 4.78 is 10.4. The van der Waals surface area contributed by atoms with Gasteiger partial charge in [0.05, 0.1) is 10.0 Å². The molecule has 0 aliphatic heterocycles. The number of aromatic nitrogens is 1. The standard InChI is InChI=1S/C15H13Cl2NO4/c1-9(19)10-7-13(18-8-10)15(20)22-6-5-21-14-11(16)3-2-4-12(14)17/h2-4,7-8,18H,5-6H2,1H3. The van der Waals surface area contributed by atoms with Crippen molar-refractivity contribution < 1.29 is 19.1 Å². The van der Waals surface area contributed by atoms with Crippen molar-refractivity contribution in [3.8, 4) is 5.75 Å². The van der Waals surface area contributed by atoms with Crippen molar-refractivity contribution in [2.45, 2.75) is 6.92 Å². The maximum atomic E-state index is 11.8. The van der Waals surface area contributed by atoms with Crippen LogP contribution < -0.4 is 4.74 Å². The van der Waals surface area contributed by atoms with Crippen molar-refractivity contribution >= 4 is 35.0 Å². The van der Waals surface area contributed by atoms with Crippen LogP contribution in [-0.2, 0) is 4.74 Å². The monoisotopic (exact) mass is 341 g/mol. The SMILES string of the molecule is CC(=O)c1c[nH]c(C(=O)OCCOc2c(Cl)cccc2Cl)c1. The molecule has 0 fully saturated rings. The summed E-state index contributed by atoms with van der Waals surface area (Å²) in [6, 6.07) is 6.44. The van der Waals surface area contributed by atoms with E-state index in [1.807, 2.05) is 0 Å². The number of hydrogen-bond donors (Lipinski definition) is 1. The maximum absolute atomic E-state index is 11.8. The van der Waals surface area contributed by atoms with Crippen molar-refractivity contribution in [2.75, 3.05) is 13.2 Å². The lowest BCUT2D eigenvalue weighted by Gasteiger charge is -2.09. The fraction of sp³-hybridized carbons (Fsp3) is 0.200. The number of nitrogens with one attached hydrogen (secondary N) is 1. The highest BCUT2D eigenvalue weighted by Gasteiger charge is 2.12. The zero-order valence-electron chi connectivity index (χ0n) is 11.7. The molecule has 0 saturated carbocycles. The highest BCUT2D eigenvalue weighted by Crippen LogP contribution is 2.32. The Morgan fingerprint density at radius 2 is 1.86 bits per heavy atom. The van der Waals surface area contributed by atoms with Gasteiger partial charge >= 0.3 is 5.97 Å². The summed E-state index contributed by atoms with van der Waals surface area (Å²) >= 11 is 11.9. The second kappa shape index (κ2) is 7.33. The zero-order chi connectivity index (χ0) is 16.1. The quantitative estimate of drug-likeness (QED) is 0.493. The molecule has 0 aliphatic rings. The number of ketones is 1. The summed E-state index contributed by atoms with van der Waals surface area (Å²) in [5, 5.41) is 0.767. The highest BCUT2D eigenvalue weighted by atomic mass is 35.5. The highest BCUT2D eigenvalue weighted by molar-refractivity contribution is 6.37. The van der Waals surface area contributed by atoms with Gasteiger partial charge in [-0.15, -0.1) is 0 Å². The molecule has 0 radical (unpaired) electrons. The summed E-state index contributed by atoms with van der Waals surface area (Å²) in [6.45, 7) is 1.55. The van der Waals surface area contributed by atoms with Crippen LogP contribution in [0.4, 0.5) is 0 Å². The summed E-state index contributed by atoms with van der Waals surface area (Å²) in [7, 11) is 0. The second-order valence-corrected chi connectivity index (χ2v) is 5.21. The van der Waals surface area contributed by atoms with Gasteiger partial charge in [0.25, 0.3) is 0 Å². The predicted molar refractivity (Wildman–Crippen MR) is 83.0 cm³/mol. The molecule has 0 atom stereocenters. The van der Waals surface area contributed by atoms with E-state index in [2.05, 4.69) is 4.98 Å². The van der Waals surface area contributed by atoms with Gasteiger partial charge in [-0.05, 0) is 25.1 Å². The fourth-order valence-electron chi connectivity index (χ4n) is 1.69. The lowest BCUT2D eigenvalue weighted by molar-refractivity contribution is 0.0444. The lowest BCUT2D eigenvalue weighted by Crippen LogP contribution is -2.13. The Morgan fingerprint density at radius 3 is 2.45 bits per heavy atom. The Labute approximate surface area is 137 Å². The number of rotatable bonds is 6. The molecule has 0 unspecified atom stereocenters. The molecule has 1 aromatic heterocycles. The van der Waals surface area contributed by atoms with E-state index in [0.29, 0.717) is 21.4 Å². The first-order valence-electron chi connectivity index (χ1n) is 6.42. The smallest absolute Gasteiger partial charge is 0.354 e. The number of aromatic amines is 1. The number of carbonyl (C=O) groups excluding carboxylic acids is 2. The van der Waals surface area contributed by atoms with Gasteiger partial charge in [-0.1, -0.05) is 29.3 Å². The summed E-state index contributed by atoms with van der Waals surface area (Å²) in [4.78, 5) is 25.6. The van der Waals surface area contributed by atoms with Gasteiger partial charge in [0.15, 0.2) is 11.5 Å². The molecule has 2 aromatic rings. The molecule has 0 aliphatic carbocycles. The third kappa shape index (κ3) is 4.02. The van der Waals surface area contributed by atoms with Crippen LogP contribution in [0.5, 0.6) is 5.75 Å². The molecule has 0 bridgehead atoms. The van der Waals surface area contributed by atoms with E-state index < -0.39 is 5.97 Å². The Kier molecular flexibility index (Phi) is 5.46. The Bertz CT molecular complexity index is 676. The average molecular weight is 342 g/mol. The van der Waals surface area contributed by atoms with Crippen LogP contribution in [0.15, 0.2) is 30.5 Å². The summed E-state index contributed by atoms with van der Waals surface area (Å²) in [6.07, 6.45) is 1.46. The fourth-order valence-corrected chi connectivity index (χ4v) is 2.20. The van der Waals surface area contributed by atoms with Crippen LogP contribution in [0.3, 0.4) is 0 Å². The second-order valence-electron chi connectivity index (χ2n) is 4.39. The minimum Gasteiger partial charge on any atom is -0.487 e. The molecule has 1 N–H and O–H groups in total.